The van der Waals surface area contributed by atoms with E-state index < -0.39 is 0 Å². The van der Waals surface area contributed by atoms with Crippen molar-refractivity contribution in [1.29, 1.82) is 0 Å². The zero-order valence-corrected chi connectivity index (χ0v) is 13.4. The number of hydrogen-bond donors (Lipinski definition) is 1. The first kappa shape index (κ1) is 17.0. The third-order valence-electron chi connectivity index (χ3n) is 3.97. The van der Waals surface area contributed by atoms with Crippen LogP contribution in [0.5, 0.6) is 0 Å². The lowest BCUT2D eigenvalue weighted by atomic mass is 10.0. The quantitative estimate of drug-likeness (QED) is 0.754. The molecule has 20 heavy (non-hydrogen) atoms. The number of para-hydroxylation sites is 1. The van der Waals surface area contributed by atoms with Crippen molar-refractivity contribution in [2.24, 2.45) is 5.73 Å². The number of methoxy groups -OCH3 is 1. The van der Waals surface area contributed by atoms with E-state index in [9.17, 15) is 0 Å². The Kier molecular flexibility index (Phi) is 7.63. The van der Waals surface area contributed by atoms with Gasteiger partial charge in [-0.15, -0.1) is 0 Å². The lowest BCUT2D eigenvalue weighted by molar-refractivity contribution is 0.203. The third kappa shape index (κ3) is 4.80. The molecule has 1 aromatic rings. The Labute approximate surface area is 124 Å². The summed E-state index contributed by atoms with van der Waals surface area (Å²) >= 11 is 0. The number of ether oxygens (including phenoxy) is 1. The molecule has 0 aliphatic heterocycles. The number of nitrogens with two attached hydrogens (primary N) is 1. The van der Waals surface area contributed by atoms with Gasteiger partial charge < -0.3 is 15.4 Å². The molecule has 0 aliphatic rings. The minimum absolute atomic E-state index is 0.234. The molecule has 0 radical (unpaired) electrons. The van der Waals surface area contributed by atoms with E-state index in [-0.39, 0.29) is 6.04 Å². The summed E-state index contributed by atoms with van der Waals surface area (Å²) in [5.41, 5.74) is 8.79. The summed E-state index contributed by atoms with van der Waals surface area (Å²) in [6.07, 6.45) is 3.07. The molecule has 2 N–H and O–H groups in total. The second-order valence-electron chi connectivity index (χ2n) is 5.44. The van der Waals surface area contributed by atoms with Crippen LogP contribution in [-0.4, -0.2) is 32.3 Å². The highest BCUT2D eigenvalue weighted by Gasteiger charge is 2.16. The van der Waals surface area contributed by atoms with E-state index >= 15 is 0 Å². The van der Waals surface area contributed by atoms with Gasteiger partial charge in [0.15, 0.2) is 0 Å². The largest absolute Gasteiger partial charge is 0.383 e. The summed E-state index contributed by atoms with van der Waals surface area (Å²) in [5, 5.41) is 0. The van der Waals surface area contributed by atoms with Crippen molar-refractivity contribution < 1.29 is 4.74 Å². The standard InChI is InChI=1S/C17H30N2O/c1-5-14(3)19(11-12-20-4)17-10-8-7-9-15(17)13-16(18)6-2/h7-10,14,16H,5-6,11-13,18H2,1-4H3. The predicted molar refractivity (Wildman–Crippen MR) is 87.4 cm³/mol. The third-order valence-corrected chi connectivity index (χ3v) is 3.97. The summed E-state index contributed by atoms with van der Waals surface area (Å²) in [6, 6.07) is 9.36. The molecule has 0 aromatic heterocycles. The number of rotatable bonds is 9. The van der Waals surface area contributed by atoms with Gasteiger partial charge in [0, 0.05) is 31.4 Å². The summed E-state index contributed by atoms with van der Waals surface area (Å²) in [6.45, 7) is 8.31. The highest BCUT2D eigenvalue weighted by Crippen LogP contribution is 2.24. The number of nitrogens with zero attached hydrogens (tertiary/aromatic N) is 1. The molecule has 0 amide bonds. The molecule has 2 unspecified atom stereocenters. The Bertz CT molecular complexity index is 381. The monoisotopic (exact) mass is 278 g/mol. The van der Waals surface area contributed by atoms with Gasteiger partial charge in [0.05, 0.1) is 6.61 Å². The fraction of sp³-hybridized carbons (Fsp3) is 0.647. The van der Waals surface area contributed by atoms with Crippen molar-refractivity contribution in [3.05, 3.63) is 29.8 Å². The molecule has 3 nitrogen and oxygen atoms in total. The zero-order valence-electron chi connectivity index (χ0n) is 13.4. The maximum atomic E-state index is 6.14. The second-order valence-corrected chi connectivity index (χ2v) is 5.44. The van der Waals surface area contributed by atoms with Gasteiger partial charge in [0.25, 0.3) is 0 Å². The highest BCUT2D eigenvalue weighted by atomic mass is 16.5. The van der Waals surface area contributed by atoms with Gasteiger partial charge in [-0.25, -0.2) is 0 Å². The summed E-state index contributed by atoms with van der Waals surface area (Å²) in [7, 11) is 1.76. The molecular formula is C17H30N2O. The van der Waals surface area contributed by atoms with Crippen LogP contribution in [0.1, 0.15) is 39.2 Å². The van der Waals surface area contributed by atoms with Crippen LogP contribution in [0.2, 0.25) is 0 Å². The van der Waals surface area contributed by atoms with Crippen LogP contribution in [0.3, 0.4) is 0 Å². The maximum absolute atomic E-state index is 6.14. The van der Waals surface area contributed by atoms with Crippen molar-refractivity contribution in [3.63, 3.8) is 0 Å². The Morgan fingerprint density at radius 3 is 2.50 bits per heavy atom. The van der Waals surface area contributed by atoms with E-state index in [0.717, 1.165) is 32.4 Å². The van der Waals surface area contributed by atoms with Crippen LogP contribution >= 0.6 is 0 Å². The number of hydrogen-bond acceptors (Lipinski definition) is 3. The van der Waals surface area contributed by atoms with Crippen LogP contribution in [0.25, 0.3) is 0 Å². The highest BCUT2D eigenvalue weighted by molar-refractivity contribution is 5.54. The Balaban J connectivity index is 2.99. The van der Waals surface area contributed by atoms with Crippen LogP contribution in [0.15, 0.2) is 24.3 Å². The van der Waals surface area contributed by atoms with Crippen molar-refractivity contribution in [2.45, 2.75) is 52.1 Å². The lowest BCUT2D eigenvalue weighted by Gasteiger charge is -2.32. The van der Waals surface area contributed by atoms with E-state index in [1.807, 2.05) is 0 Å². The van der Waals surface area contributed by atoms with Gasteiger partial charge >= 0.3 is 0 Å². The lowest BCUT2D eigenvalue weighted by Crippen LogP contribution is -2.36. The molecule has 0 aliphatic carbocycles. The second kappa shape index (κ2) is 8.98. The topological polar surface area (TPSA) is 38.5 Å². The van der Waals surface area contributed by atoms with Crippen LogP contribution in [0, 0.1) is 0 Å². The fourth-order valence-corrected chi connectivity index (χ4v) is 2.38. The average molecular weight is 278 g/mol. The first-order chi connectivity index (χ1) is 9.63. The van der Waals surface area contributed by atoms with Crippen LogP contribution < -0.4 is 10.6 Å². The van der Waals surface area contributed by atoms with Gasteiger partial charge in [0.2, 0.25) is 0 Å². The molecule has 114 valence electrons. The normalized spacial score (nSPS) is 14.1. The molecule has 1 aromatic carbocycles. The average Bonchev–Trinajstić information content (AvgIpc) is 2.48. The molecule has 3 heteroatoms. The molecular weight excluding hydrogens is 248 g/mol. The minimum atomic E-state index is 0.234. The molecule has 0 saturated carbocycles. The first-order valence-corrected chi connectivity index (χ1v) is 7.73. The van der Waals surface area contributed by atoms with E-state index in [2.05, 4.69) is 49.9 Å². The predicted octanol–water partition coefficient (Wildman–Crippen LogP) is 3.22. The fourth-order valence-electron chi connectivity index (χ4n) is 2.38. The molecule has 0 fully saturated rings. The SMILES string of the molecule is CCC(N)Cc1ccccc1N(CCOC)C(C)CC. The van der Waals surface area contributed by atoms with Gasteiger partial charge in [-0.3, -0.25) is 0 Å². The van der Waals surface area contributed by atoms with Gasteiger partial charge in [-0.1, -0.05) is 32.0 Å². The first-order valence-electron chi connectivity index (χ1n) is 7.73. The van der Waals surface area contributed by atoms with Gasteiger partial charge in [-0.2, -0.15) is 0 Å². The Morgan fingerprint density at radius 2 is 1.90 bits per heavy atom. The van der Waals surface area contributed by atoms with Crippen LogP contribution in [-0.2, 0) is 11.2 Å². The Morgan fingerprint density at radius 1 is 1.20 bits per heavy atom. The van der Waals surface area contributed by atoms with Crippen molar-refractivity contribution in [2.75, 3.05) is 25.2 Å². The molecule has 1 rings (SSSR count). The van der Waals surface area contributed by atoms with Crippen molar-refractivity contribution >= 4 is 5.69 Å². The summed E-state index contributed by atoms with van der Waals surface area (Å²) in [4.78, 5) is 2.45. The minimum Gasteiger partial charge on any atom is -0.383 e. The molecule has 0 spiro atoms. The van der Waals surface area contributed by atoms with E-state index in [4.69, 9.17) is 10.5 Å². The summed E-state index contributed by atoms with van der Waals surface area (Å²) < 4.78 is 5.26. The molecule has 0 saturated heterocycles. The van der Waals surface area contributed by atoms with E-state index in [0.29, 0.717) is 6.04 Å². The number of benzene rings is 1. The maximum Gasteiger partial charge on any atom is 0.0637 e. The van der Waals surface area contributed by atoms with Crippen molar-refractivity contribution in [3.8, 4) is 0 Å². The number of anilines is 1. The smallest absolute Gasteiger partial charge is 0.0637 e. The summed E-state index contributed by atoms with van der Waals surface area (Å²) in [5.74, 6) is 0. The molecule has 0 heterocycles. The zero-order chi connectivity index (χ0) is 15.0. The van der Waals surface area contributed by atoms with E-state index in [1.54, 1.807) is 7.11 Å². The molecule has 2 atom stereocenters. The molecule has 0 bridgehead atoms. The van der Waals surface area contributed by atoms with Gasteiger partial charge in [-0.05, 0) is 37.8 Å². The van der Waals surface area contributed by atoms with Gasteiger partial charge in [0.1, 0.15) is 0 Å². The van der Waals surface area contributed by atoms with Crippen LogP contribution in [0.4, 0.5) is 5.69 Å². The Hall–Kier alpha value is -1.06. The van der Waals surface area contributed by atoms with Crippen molar-refractivity contribution in [1.82, 2.24) is 0 Å². The van der Waals surface area contributed by atoms with E-state index in [1.165, 1.54) is 11.3 Å².